The summed E-state index contributed by atoms with van der Waals surface area (Å²) in [5, 5.41) is 3.20. The Morgan fingerprint density at radius 2 is 2.12 bits per heavy atom. The molecule has 0 amide bonds. The predicted molar refractivity (Wildman–Crippen MR) is 62.3 cm³/mol. The van der Waals surface area contributed by atoms with Gasteiger partial charge in [-0.15, -0.1) is 0 Å². The van der Waals surface area contributed by atoms with Gasteiger partial charge in [0.25, 0.3) is 0 Å². The molecule has 1 fully saturated rings. The van der Waals surface area contributed by atoms with Gasteiger partial charge in [-0.25, -0.2) is 4.39 Å². The molecule has 0 radical (unpaired) electrons. The molecule has 1 aliphatic rings. The quantitative estimate of drug-likeness (QED) is 0.847. The maximum absolute atomic E-state index is 13.2. The first-order chi connectivity index (χ1) is 7.71. The maximum Gasteiger partial charge on any atom is 0.127 e. The zero-order valence-corrected chi connectivity index (χ0v) is 9.79. The second-order valence-corrected chi connectivity index (χ2v) is 4.35. The lowest BCUT2D eigenvalue weighted by molar-refractivity contribution is 0.0881. The van der Waals surface area contributed by atoms with Gasteiger partial charge in [-0.3, -0.25) is 0 Å². The van der Waals surface area contributed by atoms with E-state index < -0.39 is 0 Å². The lowest BCUT2D eigenvalue weighted by Crippen LogP contribution is -2.45. The Morgan fingerprint density at radius 1 is 1.38 bits per heavy atom. The molecule has 1 N–H and O–H groups in total. The molecule has 0 atom stereocenters. The number of aryl methyl sites for hydroxylation is 1. The predicted octanol–water partition coefficient (Wildman–Crippen LogP) is 2.52. The first kappa shape index (κ1) is 11.4. The van der Waals surface area contributed by atoms with Crippen LogP contribution in [0.1, 0.15) is 25.3 Å². The zero-order chi connectivity index (χ0) is 11.5. The number of hydrogen-bond acceptors (Lipinski definition) is 2. The van der Waals surface area contributed by atoms with Gasteiger partial charge in [0.05, 0.1) is 0 Å². The molecule has 0 aromatic heterocycles. The van der Waals surface area contributed by atoms with Crippen molar-refractivity contribution >= 4 is 0 Å². The van der Waals surface area contributed by atoms with Crippen molar-refractivity contribution < 1.29 is 9.13 Å². The Hall–Kier alpha value is -1.09. The molecule has 0 unspecified atom stereocenters. The molecular weight excluding hydrogens is 205 g/mol. The highest BCUT2D eigenvalue weighted by molar-refractivity contribution is 5.30. The van der Waals surface area contributed by atoms with Crippen molar-refractivity contribution in [1.29, 1.82) is 0 Å². The SMILES string of the molecule is CCc1cc(F)cc(OC2CC(NC)C2)c1. The van der Waals surface area contributed by atoms with Crippen LogP contribution < -0.4 is 10.1 Å². The highest BCUT2D eigenvalue weighted by Gasteiger charge is 2.29. The van der Waals surface area contributed by atoms with Crippen LogP contribution in [0.25, 0.3) is 0 Å². The second-order valence-electron chi connectivity index (χ2n) is 4.35. The Kier molecular flexibility index (Phi) is 3.44. The van der Waals surface area contributed by atoms with Crippen LogP contribution in [0.2, 0.25) is 0 Å². The van der Waals surface area contributed by atoms with E-state index in [9.17, 15) is 4.39 Å². The van der Waals surface area contributed by atoms with Gasteiger partial charge in [0.1, 0.15) is 17.7 Å². The minimum atomic E-state index is -0.209. The van der Waals surface area contributed by atoms with Gasteiger partial charge < -0.3 is 10.1 Å². The molecule has 0 aliphatic heterocycles. The van der Waals surface area contributed by atoms with E-state index in [1.54, 1.807) is 6.07 Å². The summed E-state index contributed by atoms with van der Waals surface area (Å²) < 4.78 is 19.0. The minimum absolute atomic E-state index is 0.209. The third-order valence-corrected chi connectivity index (χ3v) is 3.15. The Morgan fingerprint density at radius 3 is 2.75 bits per heavy atom. The van der Waals surface area contributed by atoms with E-state index in [1.807, 2.05) is 20.0 Å². The average Bonchev–Trinajstić information content (AvgIpc) is 2.22. The summed E-state index contributed by atoms with van der Waals surface area (Å²) in [7, 11) is 1.96. The van der Waals surface area contributed by atoms with Crippen LogP contribution in [0.5, 0.6) is 5.75 Å². The van der Waals surface area contributed by atoms with Crippen LogP contribution >= 0.6 is 0 Å². The number of hydrogen-bond donors (Lipinski definition) is 1. The van der Waals surface area contributed by atoms with Crippen molar-refractivity contribution in [2.45, 2.75) is 38.3 Å². The molecule has 1 aromatic carbocycles. The molecule has 0 saturated heterocycles. The molecule has 2 rings (SSSR count). The second kappa shape index (κ2) is 4.83. The molecule has 0 spiro atoms. The molecular formula is C13H18FNO. The Labute approximate surface area is 95.8 Å². The van der Waals surface area contributed by atoms with E-state index in [0.29, 0.717) is 11.8 Å². The molecule has 0 bridgehead atoms. The van der Waals surface area contributed by atoms with E-state index in [1.165, 1.54) is 6.07 Å². The summed E-state index contributed by atoms with van der Waals surface area (Å²) in [4.78, 5) is 0. The van der Waals surface area contributed by atoms with Crippen LogP contribution in [0.15, 0.2) is 18.2 Å². The standard InChI is InChI=1S/C13H18FNO/c1-3-9-4-10(14)6-12(5-9)16-13-7-11(8-13)15-2/h4-6,11,13,15H,3,7-8H2,1-2H3. The van der Waals surface area contributed by atoms with Gasteiger partial charge in [-0.05, 0) is 44.0 Å². The van der Waals surface area contributed by atoms with Crippen molar-refractivity contribution in [2.24, 2.45) is 0 Å². The molecule has 3 heteroatoms. The Balaban J connectivity index is 1.97. The minimum Gasteiger partial charge on any atom is -0.490 e. The van der Waals surface area contributed by atoms with E-state index in [4.69, 9.17) is 4.74 Å². The third kappa shape index (κ3) is 2.53. The molecule has 1 saturated carbocycles. The highest BCUT2D eigenvalue weighted by atomic mass is 19.1. The van der Waals surface area contributed by atoms with E-state index in [0.717, 1.165) is 24.8 Å². The first-order valence-electron chi connectivity index (χ1n) is 5.84. The molecule has 88 valence electrons. The van der Waals surface area contributed by atoms with Gasteiger partial charge in [-0.2, -0.15) is 0 Å². The smallest absolute Gasteiger partial charge is 0.127 e. The van der Waals surface area contributed by atoms with Crippen LogP contribution in [0, 0.1) is 5.82 Å². The Bertz CT molecular complexity index is 361. The van der Waals surface area contributed by atoms with Gasteiger partial charge in [0, 0.05) is 12.1 Å². The summed E-state index contributed by atoms with van der Waals surface area (Å²) in [6, 6.07) is 5.51. The zero-order valence-electron chi connectivity index (χ0n) is 9.79. The van der Waals surface area contributed by atoms with E-state index in [-0.39, 0.29) is 11.9 Å². The van der Waals surface area contributed by atoms with E-state index >= 15 is 0 Å². The fourth-order valence-electron chi connectivity index (χ4n) is 1.98. The largest absolute Gasteiger partial charge is 0.490 e. The van der Waals surface area contributed by atoms with Gasteiger partial charge in [0.15, 0.2) is 0 Å². The monoisotopic (exact) mass is 223 g/mol. The van der Waals surface area contributed by atoms with Crippen molar-refractivity contribution in [3.8, 4) is 5.75 Å². The van der Waals surface area contributed by atoms with Crippen LogP contribution in [-0.2, 0) is 6.42 Å². The first-order valence-corrected chi connectivity index (χ1v) is 5.84. The van der Waals surface area contributed by atoms with Gasteiger partial charge >= 0.3 is 0 Å². The summed E-state index contributed by atoms with van der Waals surface area (Å²) in [6.45, 7) is 2.01. The van der Waals surface area contributed by atoms with Crippen molar-refractivity contribution in [2.75, 3.05) is 7.05 Å². The highest BCUT2D eigenvalue weighted by Crippen LogP contribution is 2.27. The number of nitrogens with one attached hydrogen (secondary N) is 1. The normalized spacial score (nSPS) is 23.9. The molecule has 1 aromatic rings. The average molecular weight is 223 g/mol. The number of halogens is 1. The van der Waals surface area contributed by atoms with E-state index in [2.05, 4.69) is 5.32 Å². The summed E-state index contributed by atoms with van der Waals surface area (Å²) in [6.07, 6.45) is 3.09. The number of benzene rings is 1. The van der Waals surface area contributed by atoms with Crippen LogP contribution in [0.3, 0.4) is 0 Å². The van der Waals surface area contributed by atoms with Crippen molar-refractivity contribution in [1.82, 2.24) is 5.32 Å². The fourth-order valence-corrected chi connectivity index (χ4v) is 1.98. The number of rotatable bonds is 4. The maximum atomic E-state index is 13.2. The van der Waals surface area contributed by atoms with Crippen molar-refractivity contribution in [3.63, 3.8) is 0 Å². The molecule has 2 nitrogen and oxygen atoms in total. The summed E-state index contributed by atoms with van der Waals surface area (Å²) in [5.41, 5.74) is 0.986. The summed E-state index contributed by atoms with van der Waals surface area (Å²) in [5.74, 6) is 0.454. The van der Waals surface area contributed by atoms with Crippen molar-refractivity contribution in [3.05, 3.63) is 29.6 Å². The fraction of sp³-hybridized carbons (Fsp3) is 0.538. The number of ether oxygens (including phenoxy) is 1. The third-order valence-electron chi connectivity index (χ3n) is 3.15. The molecule has 16 heavy (non-hydrogen) atoms. The van der Waals surface area contributed by atoms with Gasteiger partial charge in [0.2, 0.25) is 0 Å². The molecule has 1 aliphatic carbocycles. The van der Waals surface area contributed by atoms with Gasteiger partial charge in [-0.1, -0.05) is 6.92 Å². The van der Waals surface area contributed by atoms with Crippen LogP contribution in [-0.4, -0.2) is 19.2 Å². The topological polar surface area (TPSA) is 21.3 Å². The lowest BCUT2D eigenvalue weighted by Gasteiger charge is -2.35. The van der Waals surface area contributed by atoms with Crippen LogP contribution in [0.4, 0.5) is 4.39 Å². The molecule has 0 heterocycles. The summed E-state index contributed by atoms with van der Waals surface area (Å²) >= 11 is 0. The lowest BCUT2D eigenvalue weighted by atomic mass is 9.89.